The van der Waals surface area contributed by atoms with Gasteiger partial charge in [0, 0.05) is 16.1 Å². The number of nitrogens with zero attached hydrogens (tertiary/aromatic N) is 2. The Balaban J connectivity index is 1.93. The Morgan fingerprint density at radius 2 is 1.94 bits per heavy atom. The highest BCUT2D eigenvalue weighted by Gasteiger charge is 2.47. The van der Waals surface area contributed by atoms with Gasteiger partial charge in [0.05, 0.1) is 29.3 Å². The Labute approximate surface area is 187 Å². The highest BCUT2D eigenvalue weighted by molar-refractivity contribution is 7.10. The summed E-state index contributed by atoms with van der Waals surface area (Å²) in [6, 6.07) is 15.8. The minimum Gasteiger partial charge on any atom is -0.507 e. The van der Waals surface area contributed by atoms with Gasteiger partial charge in [0.15, 0.2) is 0 Å². The number of ketones is 1. The topological polar surface area (TPSA) is 90.6 Å². The Kier molecular flexibility index (Phi) is 5.51. The number of halogens is 1. The normalized spacial score (nSPS) is 17.6. The van der Waals surface area contributed by atoms with Crippen molar-refractivity contribution in [3.8, 4) is 11.8 Å². The van der Waals surface area contributed by atoms with E-state index < -0.39 is 17.7 Å². The Morgan fingerprint density at radius 3 is 2.55 bits per heavy atom. The zero-order chi connectivity index (χ0) is 22.1. The number of hydrogen-bond donors (Lipinski definition) is 1. The van der Waals surface area contributed by atoms with Crippen LogP contribution in [0.1, 0.15) is 22.0 Å². The molecule has 0 aliphatic carbocycles. The monoisotopic (exact) mass is 450 g/mol. The lowest BCUT2D eigenvalue weighted by Crippen LogP contribution is -2.29. The summed E-state index contributed by atoms with van der Waals surface area (Å²) in [7, 11) is 1.47. The zero-order valence-corrected chi connectivity index (χ0v) is 17.8. The minimum atomic E-state index is -0.838. The van der Waals surface area contributed by atoms with Crippen molar-refractivity contribution in [1.29, 1.82) is 5.26 Å². The molecule has 3 aromatic rings. The number of rotatable bonds is 4. The molecule has 1 aliphatic rings. The van der Waals surface area contributed by atoms with E-state index in [1.165, 1.54) is 29.4 Å². The second-order valence-electron chi connectivity index (χ2n) is 6.69. The number of amides is 1. The fourth-order valence-electron chi connectivity index (χ4n) is 3.47. The number of Topliss-reactive ketones (excluding diaryl/α,β-unsaturated/α-hetero) is 1. The van der Waals surface area contributed by atoms with E-state index >= 15 is 0 Å². The number of thiophene rings is 1. The number of carbonyl (C=O) groups excluding carboxylic acids is 2. The van der Waals surface area contributed by atoms with Gasteiger partial charge < -0.3 is 9.84 Å². The van der Waals surface area contributed by atoms with Crippen LogP contribution in [0.25, 0.3) is 5.76 Å². The van der Waals surface area contributed by atoms with E-state index in [4.69, 9.17) is 21.6 Å². The highest BCUT2D eigenvalue weighted by Crippen LogP contribution is 2.44. The molecule has 1 N–H and O–H groups in total. The number of hydrogen-bond acceptors (Lipinski definition) is 6. The molecule has 2 heterocycles. The van der Waals surface area contributed by atoms with Crippen molar-refractivity contribution in [1.82, 2.24) is 0 Å². The molecular formula is C23H15ClN2O4S. The maximum atomic E-state index is 13.1. The Bertz CT molecular complexity index is 1240. The minimum absolute atomic E-state index is 0.0630. The molecule has 6 nitrogen and oxygen atoms in total. The van der Waals surface area contributed by atoms with Gasteiger partial charge in [-0.3, -0.25) is 14.5 Å². The van der Waals surface area contributed by atoms with Crippen molar-refractivity contribution in [2.75, 3.05) is 12.0 Å². The molecule has 31 heavy (non-hydrogen) atoms. The SMILES string of the molecule is COc1ccc(Cl)c(/C(O)=C2/C(=O)C(=O)N(c3ccc(C#N)cc3)C2c2cccs2)c1. The molecule has 154 valence electrons. The fourth-order valence-corrected chi connectivity index (χ4v) is 4.50. The lowest BCUT2D eigenvalue weighted by Gasteiger charge is -2.24. The molecule has 1 fully saturated rings. The van der Waals surface area contributed by atoms with Crippen molar-refractivity contribution in [3.05, 3.63) is 86.6 Å². The summed E-state index contributed by atoms with van der Waals surface area (Å²) in [6.07, 6.45) is 0. The van der Waals surface area contributed by atoms with E-state index in [2.05, 4.69) is 0 Å². The van der Waals surface area contributed by atoms with E-state index in [1.54, 1.807) is 48.5 Å². The molecule has 8 heteroatoms. The first kappa shape index (κ1) is 20.7. The fraction of sp³-hybridized carbons (Fsp3) is 0.0870. The van der Waals surface area contributed by atoms with Crippen molar-refractivity contribution in [2.45, 2.75) is 6.04 Å². The molecule has 1 atom stereocenters. The number of anilines is 1. The lowest BCUT2D eigenvalue weighted by atomic mass is 9.99. The average Bonchev–Trinajstić information content (AvgIpc) is 3.41. The third-order valence-electron chi connectivity index (χ3n) is 4.96. The van der Waals surface area contributed by atoms with Crippen LogP contribution in [0.5, 0.6) is 5.75 Å². The summed E-state index contributed by atoms with van der Waals surface area (Å²) in [5, 5.41) is 22.2. The zero-order valence-electron chi connectivity index (χ0n) is 16.2. The molecule has 1 aromatic heterocycles. The molecule has 0 bridgehead atoms. The predicted molar refractivity (Wildman–Crippen MR) is 118 cm³/mol. The van der Waals surface area contributed by atoms with Crippen LogP contribution in [0, 0.1) is 11.3 Å². The molecule has 1 unspecified atom stereocenters. The van der Waals surface area contributed by atoms with Gasteiger partial charge in [0.1, 0.15) is 17.6 Å². The number of aliphatic hydroxyl groups excluding tert-OH is 1. The van der Waals surface area contributed by atoms with Crippen LogP contribution in [0.2, 0.25) is 5.02 Å². The second-order valence-corrected chi connectivity index (χ2v) is 8.08. The van der Waals surface area contributed by atoms with E-state index in [1.807, 2.05) is 11.4 Å². The number of nitriles is 1. The van der Waals surface area contributed by atoms with Gasteiger partial charge in [-0.25, -0.2) is 0 Å². The molecule has 4 rings (SSSR count). The Hall–Kier alpha value is -3.60. The molecule has 0 radical (unpaired) electrons. The van der Waals surface area contributed by atoms with Crippen LogP contribution in [0.4, 0.5) is 5.69 Å². The van der Waals surface area contributed by atoms with E-state index in [0.717, 1.165) is 0 Å². The third-order valence-corrected chi connectivity index (χ3v) is 6.21. The molecule has 1 saturated heterocycles. The largest absolute Gasteiger partial charge is 0.507 e. The third kappa shape index (κ3) is 3.56. The van der Waals surface area contributed by atoms with Gasteiger partial charge in [0.25, 0.3) is 11.7 Å². The lowest BCUT2D eigenvalue weighted by molar-refractivity contribution is -0.132. The maximum Gasteiger partial charge on any atom is 0.300 e. The summed E-state index contributed by atoms with van der Waals surface area (Å²) < 4.78 is 5.20. The first-order valence-corrected chi connectivity index (χ1v) is 10.4. The van der Waals surface area contributed by atoms with Crippen molar-refractivity contribution >= 4 is 46.1 Å². The van der Waals surface area contributed by atoms with Crippen LogP contribution in [0.3, 0.4) is 0 Å². The summed E-state index contributed by atoms with van der Waals surface area (Å²) in [5.74, 6) is -1.53. The van der Waals surface area contributed by atoms with Crippen molar-refractivity contribution in [3.63, 3.8) is 0 Å². The first-order chi connectivity index (χ1) is 15.0. The number of methoxy groups -OCH3 is 1. The van der Waals surface area contributed by atoms with Gasteiger partial charge >= 0.3 is 0 Å². The predicted octanol–water partition coefficient (Wildman–Crippen LogP) is 4.91. The summed E-state index contributed by atoms with van der Waals surface area (Å²) in [6.45, 7) is 0. The van der Waals surface area contributed by atoms with Gasteiger partial charge in [-0.15, -0.1) is 11.3 Å². The molecule has 0 spiro atoms. The van der Waals surface area contributed by atoms with Crippen molar-refractivity contribution in [2.24, 2.45) is 0 Å². The standard InChI is InChI=1S/C23H15ClN2O4S/c1-30-15-8-9-17(24)16(11-15)21(27)19-20(18-3-2-10-31-18)26(23(29)22(19)28)14-6-4-13(12-25)5-7-14/h2-11,20,27H,1H3/b21-19-. The van der Waals surface area contributed by atoms with Gasteiger partial charge in [0.2, 0.25) is 0 Å². The molecule has 2 aromatic carbocycles. The maximum absolute atomic E-state index is 13.1. The first-order valence-electron chi connectivity index (χ1n) is 9.14. The highest BCUT2D eigenvalue weighted by atomic mass is 35.5. The quantitative estimate of drug-likeness (QED) is 0.346. The van der Waals surface area contributed by atoms with Crippen LogP contribution in [0.15, 0.2) is 65.6 Å². The van der Waals surface area contributed by atoms with Crippen LogP contribution in [-0.4, -0.2) is 23.9 Å². The van der Waals surface area contributed by atoms with E-state index in [0.29, 0.717) is 21.9 Å². The van der Waals surface area contributed by atoms with E-state index in [9.17, 15) is 14.7 Å². The van der Waals surface area contributed by atoms with Crippen LogP contribution < -0.4 is 9.64 Å². The number of carbonyl (C=O) groups is 2. The van der Waals surface area contributed by atoms with Gasteiger partial charge in [-0.1, -0.05) is 17.7 Å². The second kappa shape index (κ2) is 8.26. The van der Waals surface area contributed by atoms with Crippen LogP contribution in [-0.2, 0) is 9.59 Å². The number of ether oxygens (including phenoxy) is 1. The molecule has 1 aliphatic heterocycles. The molecular weight excluding hydrogens is 436 g/mol. The number of benzene rings is 2. The van der Waals surface area contributed by atoms with Crippen LogP contribution >= 0.6 is 22.9 Å². The summed E-state index contributed by atoms with van der Waals surface area (Å²) >= 11 is 7.64. The summed E-state index contributed by atoms with van der Waals surface area (Å²) in [5.41, 5.74) is 0.999. The Morgan fingerprint density at radius 1 is 1.19 bits per heavy atom. The van der Waals surface area contributed by atoms with Gasteiger partial charge in [-0.2, -0.15) is 5.26 Å². The summed E-state index contributed by atoms with van der Waals surface area (Å²) in [4.78, 5) is 28.1. The van der Waals surface area contributed by atoms with E-state index in [-0.39, 0.29) is 21.9 Å². The number of aliphatic hydroxyl groups is 1. The molecule has 0 saturated carbocycles. The average molecular weight is 451 g/mol. The van der Waals surface area contributed by atoms with Gasteiger partial charge in [-0.05, 0) is 53.9 Å². The smallest absolute Gasteiger partial charge is 0.300 e. The molecule has 1 amide bonds. The van der Waals surface area contributed by atoms with Crippen molar-refractivity contribution < 1.29 is 19.4 Å².